The van der Waals surface area contributed by atoms with Gasteiger partial charge in [-0.05, 0) is 67.6 Å². The molecular weight excluding hydrogens is 288 g/mol. The van der Waals surface area contributed by atoms with E-state index in [-0.39, 0.29) is 22.9 Å². The van der Waals surface area contributed by atoms with E-state index in [0.29, 0.717) is 24.0 Å². The van der Waals surface area contributed by atoms with Gasteiger partial charge in [0.1, 0.15) is 12.1 Å². The fraction of sp³-hybridized carbons (Fsp3) is 0.900. The molecule has 6 atom stereocenters. The maximum atomic E-state index is 12.7. The summed E-state index contributed by atoms with van der Waals surface area (Å²) in [6.07, 6.45) is 10.2. The van der Waals surface area contributed by atoms with Crippen LogP contribution in [0.25, 0.3) is 0 Å². The van der Waals surface area contributed by atoms with Crippen molar-refractivity contribution >= 4 is 12.1 Å². The third-order valence-electron chi connectivity index (χ3n) is 8.77. The van der Waals surface area contributed by atoms with Crippen LogP contribution in [0.2, 0.25) is 0 Å². The predicted octanol–water partition coefficient (Wildman–Crippen LogP) is 3.53. The van der Waals surface area contributed by atoms with Crippen molar-refractivity contribution in [1.82, 2.24) is 0 Å². The molecule has 1 unspecified atom stereocenters. The summed E-state index contributed by atoms with van der Waals surface area (Å²) in [5.41, 5.74) is -0.298. The minimum absolute atomic E-state index is 0.0342. The number of aldehydes is 1. The van der Waals surface area contributed by atoms with E-state index in [4.69, 9.17) is 0 Å². The summed E-state index contributed by atoms with van der Waals surface area (Å²) in [6.45, 7) is 4.62. The number of hydrogen-bond donors (Lipinski definition) is 1. The molecule has 0 radical (unpaired) electrons. The van der Waals surface area contributed by atoms with Crippen molar-refractivity contribution in [2.45, 2.75) is 71.6 Å². The van der Waals surface area contributed by atoms with Crippen LogP contribution in [0, 0.1) is 33.5 Å². The molecule has 0 heterocycles. The monoisotopic (exact) mass is 318 g/mol. The molecule has 0 aromatic carbocycles. The van der Waals surface area contributed by atoms with Gasteiger partial charge in [0.2, 0.25) is 0 Å². The number of fused-ring (bicyclic) bond motifs is 3. The Balaban J connectivity index is 1.74. The summed E-state index contributed by atoms with van der Waals surface area (Å²) in [5.74, 6) is 1.34. The Morgan fingerprint density at radius 3 is 2.57 bits per heavy atom. The lowest BCUT2D eigenvalue weighted by atomic mass is 9.40. The minimum atomic E-state index is -0.428. The average molecular weight is 318 g/mol. The first-order valence-electron chi connectivity index (χ1n) is 9.45. The molecule has 0 amide bonds. The van der Waals surface area contributed by atoms with E-state index in [1.807, 2.05) is 0 Å². The van der Waals surface area contributed by atoms with Gasteiger partial charge < -0.3 is 9.90 Å². The molecule has 4 fully saturated rings. The molecule has 3 nitrogen and oxygen atoms in total. The maximum absolute atomic E-state index is 12.7. The summed E-state index contributed by atoms with van der Waals surface area (Å²) in [4.78, 5) is 24.5. The molecule has 0 aromatic rings. The number of hydrogen-bond acceptors (Lipinski definition) is 3. The van der Waals surface area contributed by atoms with Crippen LogP contribution in [0.1, 0.15) is 71.6 Å². The second-order valence-corrected chi connectivity index (χ2v) is 9.74. The van der Waals surface area contributed by atoms with E-state index in [9.17, 15) is 14.7 Å². The average Bonchev–Trinajstić information content (AvgIpc) is 2.73. The second-order valence-electron chi connectivity index (χ2n) is 9.74. The summed E-state index contributed by atoms with van der Waals surface area (Å²) in [7, 11) is 0. The van der Waals surface area contributed by atoms with Crippen LogP contribution < -0.4 is 0 Å². The molecule has 1 N–H and O–H groups in total. The van der Waals surface area contributed by atoms with Gasteiger partial charge in [0.15, 0.2) is 0 Å². The van der Waals surface area contributed by atoms with Crippen LogP contribution >= 0.6 is 0 Å². The third kappa shape index (κ3) is 1.80. The topological polar surface area (TPSA) is 54.4 Å². The van der Waals surface area contributed by atoms with Crippen LogP contribution in [-0.2, 0) is 9.59 Å². The maximum Gasteiger partial charge on any atom is 0.141 e. The van der Waals surface area contributed by atoms with Crippen LogP contribution in [0.4, 0.5) is 0 Å². The molecule has 0 aromatic heterocycles. The van der Waals surface area contributed by atoms with Crippen LogP contribution in [0.15, 0.2) is 0 Å². The first-order chi connectivity index (χ1) is 10.8. The molecule has 4 aliphatic carbocycles. The lowest BCUT2D eigenvalue weighted by molar-refractivity contribution is -0.162. The smallest absolute Gasteiger partial charge is 0.141 e. The van der Waals surface area contributed by atoms with Crippen LogP contribution in [-0.4, -0.2) is 23.8 Å². The van der Waals surface area contributed by atoms with Crippen LogP contribution in [0.5, 0.6) is 0 Å². The Kier molecular flexibility index (Phi) is 3.22. The Hall–Kier alpha value is -0.700. The predicted molar refractivity (Wildman–Crippen MR) is 87.8 cm³/mol. The van der Waals surface area contributed by atoms with Gasteiger partial charge in [-0.15, -0.1) is 0 Å². The normalized spacial score (nSPS) is 55.2. The second kappa shape index (κ2) is 4.68. The fourth-order valence-electron chi connectivity index (χ4n) is 7.75. The van der Waals surface area contributed by atoms with E-state index < -0.39 is 5.41 Å². The molecule has 4 saturated carbocycles. The summed E-state index contributed by atoms with van der Waals surface area (Å²) in [6, 6.07) is 0. The SMILES string of the molecule is C[C@@]1(C=O)CCC[C@]2(C)C1CC[C@@]13CC(=O)[C@@](CO)(CC[C@H]12)C3. The number of Topliss-reactive ketones (excluding diaryl/α,β-unsaturated/α-hetero) is 1. The highest BCUT2D eigenvalue weighted by atomic mass is 16.3. The largest absolute Gasteiger partial charge is 0.395 e. The van der Waals surface area contributed by atoms with Crippen molar-refractivity contribution in [3.8, 4) is 0 Å². The van der Waals surface area contributed by atoms with Gasteiger partial charge in [-0.3, -0.25) is 4.79 Å². The molecule has 23 heavy (non-hydrogen) atoms. The van der Waals surface area contributed by atoms with Gasteiger partial charge in [-0.2, -0.15) is 0 Å². The Labute approximate surface area is 139 Å². The number of carbonyl (C=O) groups excluding carboxylic acids is 2. The van der Waals surface area contributed by atoms with E-state index >= 15 is 0 Å². The number of aliphatic hydroxyl groups excluding tert-OH is 1. The summed E-state index contributed by atoms with van der Waals surface area (Å²) < 4.78 is 0. The Morgan fingerprint density at radius 2 is 1.87 bits per heavy atom. The number of carbonyl (C=O) groups is 2. The zero-order valence-corrected chi connectivity index (χ0v) is 14.6. The van der Waals surface area contributed by atoms with Crippen molar-refractivity contribution in [2.24, 2.45) is 33.5 Å². The van der Waals surface area contributed by atoms with Crippen molar-refractivity contribution in [3.63, 3.8) is 0 Å². The van der Waals surface area contributed by atoms with Gasteiger partial charge >= 0.3 is 0 Å². The standard InChI is InChI=1S/C20H30O3/c1-17(12-21)6-3-7-18(2)14(17)4-8-19-10-16(23)20(11-19,13-22)9-5-15(18)19/h12,14-15,22H,3-11,13H2,1-2H3/t14?,15-,17-,18+,19-,20-/m0/s1. The van der Waals surface area contributed by atoms with Gasteiger partial charge in [-0.25, -0.2) is 0 Å². The highest BCUT2D eigenvalue weighted by Gasteiger charge is 2.68. The molecule has 0 aliphatic heterocycles. The zero-order valence-electron chi connectivity index (χ0n) is 14.6. The molecule has 3 heteroatoms. The minimum Gasteiger partial charge on any atom is -0.395 e. The zero-order chi connectivity index (χ0) is 16.5. The lowest BCUT2D eigenvalue weighted by Crippen LogP contribution is -2.57. The van der Waals surface area contributed by atoms with E-state index in [0.717, 1.165) is 44.9 Å². The number of aliphatic hydroxyl groups is 1. The molecule has 0 saturated heterocycles. The van der Waals surface area contributed by atoms with Crippen molar-refractivity contribution in [2.75, 3.05) is 6.61 Å². The van der Waals surface area contributed by atoms with E-state index in [1.165, 1.54) is 12.7 Å². The van der Waals surface area contributed by atoms with Crippen LogP contribution in [0.3, 0.4) is 0 Å². The quantitative estimate of drug-likeness (QED) is 0.792. The number of rotatable bonds is 2. The molecular formula is C20H30O3. The van der Waals surface area contributed by atoms with E-state index in [2.05, 4.69) is 13.8 Å². The summed E-state index contributed by atoms with van der Waals surface area (Å²) >= 11 is 0. The molecule has 4 aliphatic rings. The van der Waals surface area contributed by atoms with Gasteiger partial charge in [-0.1, -0.05) is 20.3 Å². The molecule has 1 spiro atoms. The Bertz CT molecular complexity index is 557. The van der Waals surface area contributed by atoms with Gasteiger partial charge in [0.25, 0.3) is 0 Å². The summed E-state index contributed by atoms with van der Waals surface area (Å²) in [5, 5.41) is 9.88. The van der Waals surface area contributed by atoms with Crippen molar-refractivity contribution in [3.05, 3.63) is 0 Å². The first kappa shape index (κ1) is 15.8. The molecule has 2 bridgehead atoms. The van der Waals surface area contributed by atoms with Gasteiger partial charge in [0, 0.05) is 11.8 Å². The highest BCUT2D eigenvalue weighted by Crippen LogP contribution is 2.72. The molecule has 4 rings (SSSR count). The highest BCUT2D eigenvalue weighted by molar-refractivity contribution is 5.88. The van der Waals surface area contributed by atoms with E-state index in [1.54, 1.807) is 0 Å². The third-order valence-corrected chi connectivity index (χ3v) is 8.77. The Morgan fingerprint density at radius 1 is 1.13 bits per heavy atom. The lowest BCUT2D eigenvalue weighted by Gasteiger charge is -2.63. The number of ketones is 1. The fourth-order valence-corrected chi connectivity index (χ4v) is 7.75. The van der Waals surface area contributed by atoms with Crippen molar-refractivity contribution in [1.29, 1.82) is 0 Å². The molecule has 128 valence electrons. The van der Waals surface area contributed by atoms with Crippen molar-refractivity contribution < 1.29 is 14.7 Å². The van der Waals surface area contributed by atoms with Gasteiger partial charge in [0.05, 0.1) is 12.0 Å². The first-order valence-corrected chi connectivity index (χ1v) is 9.45.